The Morgan fingerprint density at radius 1 is 1.50 bits per heavy atom. The lowest BCUT2D eigenvalue weighted by atomic mass is 10.1. The van der Waals surface area contributed by atoms with Crippen molar-refractivity contribution in [3.05, 3.63) is 29.3 Å². The number of halogens is 1. The number of carboxylic acid groups (broad SMARTS) is 1. The van der Waals surface area contributed by atoms with E-state index in [2.05, 4.69) is 0 Å². The lowest BCUT2D eigenvalue weighted by Gasteiger charge is -2.36. The molecule has 6 heteroatoms. The number of anilines is 1. The maximum atomic E-state index is 11.9. The van der Waals surface area contributed by atoms with Gasteiger partial charge >= 0.3 is 5.97 Å². The van der Waals surface area contributed by atoms with Crippen LogP contribution in [0, 0.1) is 0 Å². The number of amides is 1. The van der Waals surface area contributed by atoms with Crippen molar-refractivity contribution in [1.29, 1.82) is 0 Å². The summed E-state index contributed by atoms with van der Waals surface area (Å²) in [6.07, 6.45) is 0. The Balaban J connectivity index is 2.27. The monoisotopic (exact) mass is 268 g/mol. The molecule has 1 amide bonds. The van der Waals surface area contributed by atoms with Gasteiger partial charge in [-0.05, 0) is 25.2 Å². The number of hydrogen-bond acceptors (Lipinski definition) is 3. The molecule has 0 bridgehead atoms. The van der Waals surface area contributed by atoms with Gasteiger partial charge in [0.25, 0.3) is 0 Å². The van der Waals surface area contributed by atoms with Crippen molar-refractivity contribution in [2.45, 2.75) is 6.04 Å². The fourth-order valence-corrected chi connectivity index (χ4v) is 2.17. The SMILES string of the molecule is CN1CC(=O)N(c2cccc(Cl)c2)CC1C(=O)O. The highest BCUT2D eigenvalue weighted by Gasteiger charge is 2.34. The third kappa shape index (κ3) is 2.47. The number of carbonyl (C=O) groups excluding carboxylic acids is 1. The first kappa shape index (κ1) is 12.9. The summed E-state index contributed by atoms with van der Waals surface area (Å²) in [6, 6.07) is 6.15. The van der Waals surface area contributed by atoms with Crippen molar-refractivity contribution in [2.24, 2.45) is 0 Å². The quantitative estimate of drug-likeness (QED) is 0.872. The minimum Gasteiger partial charge on any atom is -0.480 e. The molecule has 0 saturated carbocycles. The van der Waals surface area contributed by atoms with Crippen LogP contribution in [0.1, 0.15) is 0 Å². The fourth-order valence-electron chi connectivity index (χ4n) is 1.98. The molecule has 0 aliphatic carbocycles. The maximum Gasteiger partial charge on any atom is 0.322 e. The molecule has 1 atom stereocenters. The molecule has 0 radical (unpaired) electrons. The van der Waals surface area contributed by atoms with Crippen LogP contribution in [0.15, 0.2) is 24.3 Å². The van der Waals surface area contributed by atoms with Gasteiger partial charge in [-0.1, -0.05) is 17.7 Å². The second-order valence-corrected chi connectivity index (χ2v) is 4.69. The lowest BCUT2D eigenvalue weighted by Crippen LogP contribution is -2.57. The summed E-state index contributed by atoms with van der Waals surface area (Å²) in [5, 5.41) is 9.63. The average molecular weight is 269 g/mol. The molecular weight excluding hydrogens is 256 g/mol. The van der Waals surface area contributed by atoms with E-state index >= 15 is 0 Å². The summed E-state index contributed by atoms with van der Waals surface area (Å²) in [5.41, 5.74) is 0.631. The average Bonchev–Trinajstić information content (AvgIpc) is 2.28. The molecule has 18 heavy (non-hydrogen) atoms. The molecule has 0 spiro atoms. The number of likely N-dealkylation sites (N-methyl/N-ethyl adjacent to an activating group) is 1. The van der Waals surface area contributed by atoms with Crippen LogP contribution in [0.3, 0.4) is 0 Å². The normalized spacial score (nSPS) is 21.1. The molecule has 1 aromatic rings. The number of hydrogen-bond donors (Lipinski definition) is 1. The number of carboxylic acids is 1. The van der Waals surface area contributed by atoms with E-state index in [0.717, 1.165) is 0 Å². The predicted octanol–water partition coefficient (Wildman–Crippen LogP) is 1.07. The number of piperazine rings is 1. The smallest absolute Gasteiger partial charge is 0.322 e. The van der Waals surface area contributed by atoms with Crippen LogP contribution in [0.4, 0.5) is 5.69 Å². The Morgan fingerprint density at radius 2 is 2.22 bits per heavy atom. The van der Waals surface area contributed by atoms with Crippen molar-refractivity contribution in [3.63, 3.8) is 0 Å². The molecule has 1 aliphatic rings. The van der Waals surface area contributed by atoms with Gasteiger partial charge in [0.1, 0.15) is 6.04 Å². The highest BCUT2D eigenvalue weighted by molar-refractivity contribution is 6.30. The Bertz CT molecular complexity index is 492. The largest absolute Gasteiger partial charge is 0.480 e. The van der Waals surface area contributed by atoms with Gasteiger partial charge in [-0.3, -0.25) is 14.5 Å². The van der Waals surface area contributed by atoms with Gasteiger partial charge in [0.2, 0.25) is 5.91 Å². The third-order valence-corrected chi connectivity index (χ3v) is 3.21. The van der Waals surface area contributed by atoms with E-state index in [1.807, 2.05) is 0 Å². The van der Waals surface area contributed by atoms with Gasteiger partial charge in [-0.25, -0.2) is 0 Å². The molecule has 0 aromatic heterocycles. The molecule has 1 aliphatic heterocycles. The van der Waals surface area contributed by atoms with Gasteiger partial charge in [-0.15, -0.1) is 0 Å². The first-order chi connectivity index (χ1) is 8.49. The number of carbonyl (C=O) groups is 2. The van der Waals surface area contributed by atoms with Gasteiger partial charge in [0.15, 0.2) is 0 Å². The van der Waals surface area contributed by atoms with Crippen LogP contribution in [-0.2, 0) is 9.59 Å². The van der Waals surface area contributed by atoms with Crippen LogP contribution in [0.2, 0.25) is 5.02 Å². The van der Waals surface area contributed by atoms with Crippen LogP contribution >= 0.6 is 11.6 Å². The van der Waals surface area contributed by atoms with E-state index in [1.165, 1.54) is 9.80 Å². The number of rotatable bonds is 2. The Kier molecular flexibility index (Phi) is 3.54. The zero-order valence-corrected chi connectivity index (χ0v) is 10.6. The topological polar surface area (TPSA) is 60.9 Å². The van der Waals surface area contributed by atoms with E-state index in [4.69, 9.17) is 16.7 Å². The van der Waals surface area contributed by atoms with Crippen LogP contribution in [-0.4, -0.2) is 48.1 Å². The lowest BCUT2D eigenvalue weighted by molar-refractivity contribution is -0.144. The maximum absolute atomic E-state index is 11.9. The van der Waals surface area contributed by atoms with Crippen molar-refractivity contribution in [3.8, 4) is 0 Å². The van der Waals surface area contributed by atoms with Crippen molar-refractivity contribution < 1.29 is 14.7 Å². The second kappa shape index (κ2) is 4.96. The summed E-state index contributed by atoms with van der Waals surface area (Å²) < 4.78 is 0. The van der Waals surface area contributed by atoms with E-state index in [-0.39, 0.29) is 19.0 Å². The summed E-state index contributed by atoms with van der Waals surface area (Å²) >= 11 is 5.87. The van der Waals surface area contributed by atoms with Crippen molar-refractivity contribution in [1.82, 2.24) is 4.90 Å². The van der Waals surface area contributed by atoms with Crippen molar-refractivity contribution in [2.75, 3.05) is 25.0 Å². The summed E-state index contributed by atoms with van der Waals surface area (Å²) in [4.78, 5) is 26.0. The molecule has 96 valence electrons. The molecule has 5 nitrogen and oxygen atoms in total. The highest BCUT2D eigenvalue weighted by Crippen LogP contribution is 2.22. The molecule has 1 heterocycles. The molecule has 2 rings (SSSR count). The Morgan fingerprint density at radius 3 is 2.83 bits per heavy atom. The van der Waals surface area contributed by atoms with Gasteiger partial charge < -0.3 is 10.0 Å². The molecule has 1 aromatic carbocycles. The van der Waals surface area contributed by atoms with E-state index in [0.29, 0.717) is 10.7 Å². The van der Waals surface area contributed by atoms with Gasteiger partial charge in [0.05, 0.1) is 13.1 Å². The minimum atomic E-state index is -0.933. The van der Waals surface area contributed by atoms with E-state index in [9.17, 15) is 9.59 Å². The predicted molar refractivity (Wildman–Crippen MR) is 67.9 cm³/mol. The molecular formula is C12H13ClN2O3. The Labute approximate surface area is 110 Å². The number of nitrogens with zero attached hydrogens (tertiary/aromatic N) is 2. The summed E-state index contributed by atoms with van der Waals surface area (Å²) in [6.45, 7) is 0.217. The minimum absolute atomic E-state index is 0.0868. The van der Waals surface area contributed by atoms with Crippen molar-refractivity contribution >= 4 is 29.2 Å². The third-order valence-electron chi connectivity index (χ3n) is 2.98. The fraction of sp³-hybridized carbons (Fsp3) is 0.333. The van der Waals surface area contributed by atoms with Crippen LogP contribution in [0.25, 0.3) is 0 Å². The zero-order chi connectivity index (χ0) is 13.3. The standard InChI is InChI=1S/C12H13ClN2O3/c1-14-7-11(16)15(6-10(14)12(17)18)9-4-2-3-8(13)5-9/h2-5,10H,6-7H2,1H3,(H,17,18). The molecule has 1 fully saturated rings. The number of aliphatic carboxylic acids is 1. The first-order valence-electron chi connectivity index (χ1n) is 5.48. The number of benzene rings is 1. The molecule has 1 unspecified atom stereocenters. The van der Waals surface area contributed by atoms with E-state index in [1.54, 1.807) is 31.3 Å². The van der Waals surface area contributed by atoms with Crippen LogP contribution in [0.5, 0.6) is 0 Å². The second-order valence-electron chi connectivity index (χ2n) is 4.25. The van der Waals surface area contributed by atoms with Gasteiger partial charge in [0, 0.05) is 10.7 Å². The summed E-state index contributed by atoms with van der Waals surface area (Å²) in [5.74, 6) is -1.06. The molecule has 1 saturated heterocycles. The zero-order valence-electron chi connectivity index (χ0n) is 9.84. The van der Waals surface area contributed by atoms with Gasteiger partial charge in [-0.2, -0.15) is 0 Å². The Hall–Kier alpha value is -1.59. The first-order valence-corrected chi connectivity index (χ1v) is 5.86. The molecule has 1 N–H and O–H groups in total. The highest BCUT2D eigenvalue weighted by atomic mass is 35.5. The van der Waals surface area contributed by atoms with E-state index < -0.39 is 12.0 Å². The summed E-state index contributed by atoms with van der Waals surface area (Å²) in [7, 11) is 1.63. The van der Waals surface area contributed by atoms with Crippen LogP contribution < -0.4 is 4.90 Å².